The standard InChI is InChI=1S/C23H16ClNO4S/c1-23(2)14-10-12(24)8-9-15(14)25-17(23)11-16-18(21(25)27)19(26)20(22(28)29-16)30-13-6-4-3-5-7-13/h3-11,26H,1-2H3. The largest absolute Gasteiger partial charge is 0.505 e. The molecule has 0 saturated carbocycles. The first-order valence-electron chi connectivity index (χ1n) is 9.28. The molecule has 0 aliphatic carbocycles. The molecule has 1 aliphatic heterocycles. The topological polar surface area (TPSA) is 72.4 Å². The van der Waals surface area contributed by atoms with Crippen molar-refractivity contribution in [3.05, 3.63) is 91.7 Å². The van der Waals surface area contributed by atoms with Crippen LogP contribution in [0.3, 0.4) is 0 Å². The maximum Gasteiger partial charge on any atom is 0.354 e. The first-order chi connectivity index (χ1) is 14.3. The molecule has 0 saturated heterocycles. The van der Waals surface area contributed by atoms with Gasteiger partial charge in [-0.25, -0.2) is 4.79 Å². The maximum atomic E-state index is 13.5. The molecule has 0 fully saturated rings. The SMILES string of the molecule is CC1(C)c2cc(Cl)ccc2-n2c1cc1oc(=O)c(Sc3ccccc3)c(O)c1c2=O. The van der Waals surface area contributed by atoms with Crippen molar-refractivity contribution in [2.75, 3.05) is 0 Å². The minimum absolute atomic E-state index is 0.0139. The van der Waals surface area contributed by atoms with Crippen molar-refractivity contribution in [2.45, 2.75) is 29.1 Å². The quantitative estimate of drug-likeness (QED) is 0.472. The number of pyridine rings is 1. The highest BCUT2D eigenvalue weighted by Gasteiger charge is 2.38. The van der Waals surface area contributed by atoms with E-state index in [1.165, 1.54) is 0 Å². The average Bonchev–Trinajstić information content (AvgIpc) is 2.93. The van der Waals surface area contributed by atoms with Gasteiger partial charge in [0.2, 0.25) is 0 Å². The molecule has 1 aliphatic rings. The molecule has 3 heterocycles. The first kappa shape index (κ1) is 19.0. The zero-order valence-corrected chi connectivity index (χ0v) is 17.7. The number of nitrogens with zero attached hydrogens (tertiary/aromatic N) is 1. The molecule has 0 radical (unpaired) electrons. The normalized spacial score (nSPS) is 14.0. The maximum absolute atomic E-state index is 13.5. The lowest BCUT2D eigenvalue weighted by Gasteiger charge is -2.20. The second-order valence-corrected chi connectivity index (χ2v) is 9.20. The van der Waals surface area contributed by atoms with Crippen molar-refractivity contribution < 1.29 is 9.52 Å². The van der Waals surface area contributed by atoms with Gasteiger partial charge in [0.1, 0.15) is 15.9 Å². The van der Waals surface area contributed by atoms with Crippen LogP contribution >= 0.6 is 23.4 Å². The van der Waals surface area contributed by atoms with Gasteiger partial charge in [-0.3, -0.25) is 9.36 Å². The van der Waals surface area contributed by atoms with E-state index in [9.17, 15) is 14.7 Å². The van der Waals surface area contributed by atoms with Crippen LogP contribution < -0.4 is 11.2 Å². The van der Waals surface area contributed by atoms with E-state index in [0.717, 1.165) is 22.2 Å². The van der Waals surface area contributed by atoms with Crippen LogP contribution in [-0.2, 0) is 5.41 Å². The van der Waals surface area contributed by atoms with E-state index >= 15 is 0 Å². The average molecular weight is 438 g/mol. The predicted octanol–water partition coefficient (Wildman–Crippen LogP) is 5.09. The fourth-order valence-electron chi connectivity index (χ4n) is 3.98. The molecule has 5 nitrogen and oxygen atoms in total. The number of halogens is 1. The molecule has 0 bridgehead atoms. The second kappa shape index (κ2) is 6.52. The van der Waals surface area contributed by atoms with Crippen molar-refractivity contribution in [3.63, 3.8) is 0 Å². The molecule has 0 spiro atoms. The van der Waals surface area contributed by atoms with E-state index in [4.69, 9.17) is 16.0 Å². The number of benzene rings is 2. The molecule has 0 unspecified atom stereocenters. The number of hydrogen-bond donors (Lipinski definition) is 1. The zero-order valence-electron chi connectivity index (χ0n) is 16.1. The molecule has 30 heavy (non-hydrogen) atoms. The Hall–Kier alpha value is -2.96. The molecule has 2 aromatic heterocycles. The fourth-order valence-corrected chi connectivity index (χ4v) is 5.00. The molecular weight excluding hydrogens is 422 g/mol. The summed E-state index contributed by atoms with van der Waals surface area (Å²) >= 11 is 7.26. The Morgan fingerprint density at radius 3 is 2.53 bits per heavy atom. The van der Waals surface area contributed by atoms with Crippen molar-refractivity contribution in [1.29, 1.82) is 0 Å². The Kier molecular flexibility index (Phi) is 4.14. The minimum atomic E-state index is -0.686. The zero-order chi connectivity index (χ0) is 21.2. The molecule has 5 rings (SSSR count). The third kappa shape index (κ3) is 2.64. The highest BCUT2D eigenvalue weighted by atomic mass is 35.5. The first-order valence-corrected chi connectivity index (χ1v) is 10.5. The van der Waals surface area contributed by atoms with E-state index < -0.39 is 16.6 Å². The predicted molar refractivity (Wildman–Crippen MR) is 117 cm³/mol. The third-order valence-corrected chi connectivity index (χ3v) is 6.80. The van der Waals surface area contributed by atoms with Gasteiger partial charge in [-0.2, -0.15) is 0 Å². The summed E-state index contributed by atoms with van der Waals surface area (Å²) < 4.78 is 7.05. The summed E-state index contributed by atoms with van der Waals surface area (Å²) in [5.41, 5.74) is 0.681. The molecular formula is C23H16ClNO4S. The van der Waals surface area contributed by atoms with Crippen LogP contribution in [0, 0.1) is 0 Å². The van der Waals surface area contributed by atoms with Crippen LogP contribution in [0.25, 0.3) is 16.7 Å². The summed E-state index contributed by atoms with van der Waals surface area (Å²) in [6.07, 6.45) is 0. The number of aromatic nitrogens is 1. The van der Waals surface area contributed by atoms with Gasteiger partial charge in [0.15, 0.2) is 5.75 Å². The van der Waals surface area contributed by atoms with Gasteiger partial charge in [-0.15, -0.1) is 0 Å². The lowest BCUT2D eigenvalue weighted by molar-refractivity contribution is 0.445. The molecule has 7 heteroatoms. The van der Waals surface area contributed by atoms with Crippen molar-refractivity contribution in [2.24, 2.45) is 0 Å². The van der Waals surface area contributed by atoms with Gasteiger partial charge in [0, 0.05) is 27.1 Å². The van der Waals surface area contributed by atoms with Crippen LogP contribution in [-0.4, -0.2) is 9.67 Å². The van der Waals surface area contributed by atoms with Crippen LogP contribution in [0.2, 0.25) is 5.02 Å². The summed E-state index contributed by atoms with van der Waals surface area (Å²) in [5.74, 6) is -0.365. The third-order valence-electron chi connectivity index (χ3n) is 5.49. The number of fused-ring (bicyclic) bond motifs is 4. The summed E-state index contributed by atoms with van der Waals surface area (Å²) in [6.45, 7) is 3.95. The Morgan fingerprint density at radius 2 is 1.80 bits per heavy atom. The second-order valence-electron chi connectivity index (χ2n) is 7.68. The molecule has 0 amide bonds. The molecule has 1 N–H and O–H groups in total. The van der Waals surface area contributed by atoms with E-state index in [1.54, 1.807) is 22.8 Å². The van der Waals surface area contributed by atoms with Gasteiger partial charge in [0.05, 0.1) is 5.69 Å². The summed E-state index contributed by atoms with van der Waals surface area (Å²) in [7, 11) is 0. The van der Waals surface area contributed by atoms with Gasteiger partial charge < -0.3 is 9.52 Å². The van der Waals surface area contributed by atoms with Crippen LogP contribution in [0.1, 0.15) is 25.1 Å². The summed E-state index contributed by atoms with van der Waals surface area (Å²) in [6, 6.07) is 16.1. The Balaban J connectivity index is 1.82. The molecule has 0 atom stereocenters. The van der Waals surface area contributed by atoms with Gasteiger partial charge >= 0.3 is 5.63 Å². The highest BCUT2D eigenvalue weighted by molar-refractivity contribution is 7.99. The fraction of sp³-hybridized carbons (Fsp3) is 0.130. The number of hydrogen-bond acceptors (Lipinski definition) is 5. The lowest BCUT2D eigenvalue weighted by Crippen LogP contribution is -2.24. The Labute approximate surface area is 180 Å². The number of rotatable bonds is 2. The van der Waals surface area contributed by atoms with Crippen molar-refractivity contribution in [3.8, 4) is 11.4 Å². The van der Waals surface area contributed by atoms with Gasteiger partial charge in [0.25, 0.3) is 5.56 Å². The van der Waals surface area contributed by atoms with Crippen LogP contribution in [0.15, 0.2) is 78.4 Å². The van der Waals surface area contributed by atoms with E-state index in [-0.39, 0.29) is 21.6 Å². The van der Waals surface area contributed by atoms with E-state index in [0.29, 0.717) is 16.4 Å². The molecule has 4 aromatic rings. The van der Waals surface area contributed by atoms with Crippen molar-refractivity contribution in [1.82, 2.24) is 4.57 Å². The smallest absolute Gasteiger partial charge is 0.354 e. The van der Waals surface area contributed by atoms with E-state index in [1.807, 2.05) is 50.2 Å². The van der Waals surface area contributed by atoms with E-state index in [2.05, 4.69) is 0 Å². The lowest BCUT2D eigenvalue weighted by atomic mass is 9.83. The van der Waals surface area contributed by atoms with Gasteiger partial charge in [-0.1, -0.05) is 55.4 Å². The van der Waals surface area contributed by atoms with Crippen LogP contribution in [0.4, 0.5) is 0 Å². The molecule has 2 aromatic carbocycles. The highest BCUT2D eigenvalue weighted by Crippen LogP contribution is 2.44. The van der Waals surface area contributed by atoms with Crippen molar-refractivity contribution >= 4 is 34.3 Å². The Bertz CT molecular complexity index is 1450. The van der Waals surface area contributed by atoms with Gasteiger partial charge in [-0.05, 0) is 35.9 Å². The summed E-state index contributed by atoms with van der Waals surface area (Å²) in [4.78, 5) is 26.8. The minimum Gasteiger partial charge on any atom is -0.505 e. The Morgan fingerprint density at radius 1 is 1.07 bits per heavy atom. The summed E-state index contributed by atoms with van der Waals surface area (Å²) in [5, 5.41) is 11.5. The van der Waals surface area contributed by atoms with Crippen LogP contribution in [0.5, 0.6) is 5.75 Å². The monoisotopic (exact) mass is 437 g/mol. The molecule has 150 valence electrons. The number of aromatic hydroxyl groups is 1.